The first-order valence-electron chi connectivity index (χ1n) is 11.3. The van der Waals surface area contributed by atoms with E-state index in [2.05, 4.69) is 5.32 Å². The van der Waals surface area contributed by atoms with E-state index in [-0.39, 0.29) is 50.6 Å². The van der Waals surface area contributed by atoms with E-state index in [4.69, 9.17) is 19.7 Å². The maximum absolute atomic E-state index is 12.2. The predicted octanol–water partition coefficient (Wildman–Crippen LogP) is 3.64. The van der Waals surface area contributed by atoms with Gasteiger partial charge in [0.2, 0.25) is 5.91 Å². The van der Waals surface area contributed by atoms with Gasteiger partial charge in [-0.2, -0.15) is 11.8 Å². The number of carbonyl (C=O) groups excluding carboxylic acids is 1. The highest BCUT2D eigenvalue weighted by atomic mass is 32.2. The van der Waals surface area contributed by atoms with Crippen molar-refractivity contribution in [2.45, 2.75) is 50.8 Å². The number of carbonyl (C=O) groups is 2. The number of carboxylic acids is 1. The van der Waals surface area contributed by atoms with Gasteiger partial charge in [0, 0.05) is 42.0 Å². The van der Waals surface area contributed by atoms with Gasteiger partial charge in [0.25, 0.3) is 0 Å². The van der Waals surface area contributed by atoms with Crippen LogP contribution in [0, 0.1) is 0 Å². The second-order valence-electron chi connectivity index (χ2n) is 8.07. The molecule has 1 aliphatic heterocycles. The molecule has 3 atom stereocenters. The van der Waals surface area contributed by atoms with Crippen molar-refractivity contribution in [1.82, 2.24) is 0 Å². The quantitative estimate of drug-likeness (QED) is 0.333. The summed E-state index contributed by atoms with van der Waals surface area (Å²) in [6.45, 7) is 0.0877. The fraction of sp³-hybridized carbons (Fsp3) is 0.440. The summed E-state index contributed by atoms with van der Waals surface area (Å²) in [5, 5.41) is 30.0. The van der Waals surface area contributed by atoms with E-state index in [1.165, 1.54) is 0 Å². The molecular formula is C25H31NO7S. The lowest BCUT2D eigenvalue weighted by Gasteiger charge is -2.36. The molecular weight excluding hydrogens is 458 g/mol. The standard InChI is InChI=1S/C25H31NO7S/c27-11-12-34-16-21-14-22(18-9-7-17(15-28)8-10-18)33-25(32-21)19-3-1-4-20(13-19)26-23(29)5-2-6-24(30)31/h1,3-4,7-10,13,21-22,25,27-28H,2,5-6,11-12,14-16H2,(H,26,29)(H,30,31)/t21-,22+,25+/m0/s1. The van der Waals surface area contributed by atoms with Gasteiger partial charge >= 0.3 is 5.97 Å². The minimum absolute atomic E-state index is 0.0210. The van der Waals surface area contributed by atoms with Crippen molar-refractivity contribution in [2.75, 3.05) is 23.4 Å². The molecule has 0 saturated carbocycles. The Hall–Kier alpha value is -2.43. The Morgan fingerprint density at radius 2 is 1.82 bits per heavy atom. The van der Waals surface area contributed by atoms with Gasteiger partial charge in [0.15, 0.2) is 6.29 Å². The summed E-state index contributed by atoms with van der Waals surface area (Å²) in [7, 11) is 0. The Morgan fingerprint density at radius 1 is 1.03 bits per heavy atom. The number of anilines is 1. The van der Waals surface area contributed by atoms with Gasteiger partial charge in [-0.05, 0) is 29.7 Å². The summed E-state index contributed by atoms with van der Waals surface area (Å²) in [6, 6.07) is 14.9. The summed E-state index contributed by atoms with van der Waals surface area (Å²) in [6.07, 6.45) is 0.0799. The van der Waals surface area contributed by atoms with Crippen LogP contribution in [-0.4, -0.2) is 51.4 Å². The molecule has 0 aromatic heterocycles. The zero-order valence-electron chi connectivity index (χ0n) is 18.9. The Bertz CT molecular complexity index is 937. The first-order chi connectivity index (χ1) is 16.5. The molecule has 2 aromatic carbocycles. The van der Waals surface area contributed by atoms with E-state index in [0.717, 1.165) is 16.7 Å². The third kappa shape index (κ3) is 8.11. The highest BCUT2D eigenvalue weighted by Crippen LogP contribution is 2.39. The third-order valence-corrected chi connectivity index (χ3v) is 6.47. The molecule has 0 bridgehead atoms. The number of rotatable bonds is 12. The van der Waals surface area contributed by atoms with Gasteiger partial charge in [-0.25, -0.2) is 0 Å². The average Bonchev–Trinajstić information content (AvgIpc) is 2.84. The topological polar surface area (TPSA) is 125 Å². The number of amides is 1. The number of thioether (sulfide) groups is 1. The van der Waals surface area contributed by atoms with Crippen molar-refractivity contribution in [3.8, 4) is 0 Å². The number of hydrogen-bond donors (Lipinski definition) is 4. The van der Waals surface area contributed by atoms with Crippen LogP contribution in [0.1, 0.15) is 54.8 Å². The lowest BCUT2D eigenvalue weighted by molar-refractivity contribution is -0.245. The fourth-order valence-corrected chi connectivity index (χ4v) is 4.46. The highest BCUT2D eigenvalue weighted by Gasteiger charge is 2.32. The molecule has 34 heavy (non-hydrogen) atoms. The first-order valence-corrected chi connectivity index (χ1v) is 12.4. The number of aliphatic carboxylic acids is 1. The highest BCUT2D eigenvalue weighted by molar-refractivity contribution is 7.99. The Morgan fingerprint density at radius 3 is 2.53 bits per heavy atom. The zero-order chi connectivity index (χ0) is 24.3. The molecule has 4 N–H and O–H groups in total. The van der Waals surface area contributed by atoms with E-state index in [0.29, 0.717) is 23.6 Å². The van der Waals surface area contributed by atoms with E-state index in [1.807, 2.05) is 36.4 Å². The Labute approximate surface area is 203 Å². The van der Waals surface area contributed by atoms with Gasteiger partial charge in [0.1, 0.15) is 0 Å². The van der Waals surface area contributed by atoms with Gasteiger partial charge in [-0.3, -0.25) is 9.59 Å². The number of nitrogens with one attached hydrogen (secondary N) is 1. The van der Waals surface area contributed by atoms with Crippen LogP contribution < -0.4 is 5.32 Å². The molecule has 2 aromatic rings. The second kappa shape index (κ2) is 13.5. The van der Waals surface area contributed by atoms with Gasteiger partial charge < -0.3 is 30.1 Å². The van der Waals surface area contributed by atoms with Crippen molar-refractivity contribution in [3.05, 3.63) is 65.2 Å². The van der Waals surface area contributed by atoms with Crippen LogP contribution in [0.3, 0.4) is 0 Å². The van der Waals surface area contributed by atoms with Crippen LogP contribution in [0.4, 0.5) is 5.69 Å². The van der Waals surface area contributed by atoms with Gasteiger partial charge in [-0.1, -0.05) is 36.4 Å². The third-order valence-electron chi connectivity index (χ3n) is 5.39. The molecule has 0 spiro atoms. The SMILES string of the molecule is O=C(O)CCCC(=O)Nc1cccc([C@@H]2O[C@H](CSCCO)C[C@H](c3ccc(CO)cc3)O2)c1. The number of aliphatic hydroxyl groups excluding tert-OH is 2. The maximum atomic E-state index is 12.2. The molecule has 1 fully saturated rings. The van der Waals surface area contributed by atoms with E-state index in [9.17, 15) is 14.7 Å². The van der Waals surface area contributed by atoms with Crippen molar-refractivity contribution < 1.29 is 34.4 Å². The summed E-state index contributed by atoms with van der Waals surface area (Å²) >= 11 is 1.62. The summed E-state index contributed by atoms with van der Waals surface area (Å²) in [4.78, 5) is 22.8. The van der Waals surface area contributed by atoms with Crippen molar-refractivity contribution in [2.24, 2.45) is 0 Å². The number of benzene rings is 2. The average molecular weight is 490 g/mol. The lowest BCUT2D eigenvalue weighted by atomic mass is 10.0. The largest absolute Gasteiger partial charge is 0.481 e. The molecule has 3 rings (SSSR count). The van der Waals surface area contributed by atoms with Crippen molar-refractivity contribution >= 4 is 29.3 Å². The van der Waals surface area contributed by atoms with Crippen LogP contribution in [0.15, 0.2) is 48.5 Å². The number of ether oxygens (including phenoxy) is 2. The van der Waals surface area contributed by atoms with E-state index >= 15 is 0 Å². The molecule has 9 heteroatoms. The van der Waals surface area contributed by atoms with E-state index < -0.39 is 12.3 Å². The van der Waals surface area contributed by atoms with Gasteiger partial charge in [0.05, 0.1) is 25.4 Å². The van der Waals surface area contributed by atoms with Crippen molar-refractivity contribution in [3.63, 3.8) is 0 Å². The number of aliphatic hydroxyl groups is 2. The molecule has 0 radical (unpaired) electrons. The minimum atomic E-state index is -0.923. The smallest absolute Gasteiger partial charge is 0.303 e. The fourth-order valence-electron chi connectivity index (χ4n) is 3.69. The number of carboxylic acid groups (broad SMARTS) is 1. The second-order valence-corrected chi connectivity index (χ2v) is 9.22. The first kappa shape index (κ1) is 26.2. The summed E-state index contributed by atoms with van der Waals surface area (Å²) < 4.78 is 12.5. The van der Waals surface area contributed by atoms with Crippen LogP contribution in [-0.2, 0) is 25.7 Å². The molecule has 0 unspecified atom stereocenters. The normalized spacial score (nSPS) is 20.1. The van der Waals surface area contributed by atoms with Crippen LogP contribution in [0.2, 0.25) is 0 Å². The molecule has 1 aliphatic rings. The van der Waals surface area contributed by atoms with Gasteiger partial charge in [-0.15, -0.1) is 0 Å². The van der Waals surface area contributed by atoms with Crippen molar-refractivity contribution in [1.29, 1.82) is 0 Å². The zero-order valence-corrected chi connectivity index (χ0v) is 19.7. The molecule has 8 nitrogen and oxygen atoms in total. The molecule has 0 aliphatic carbocycles. The molecule has 184 valence electrons. The van der Waals surface area contributed by atoms with E-state index in [1.54, 1.807) is 23.9 Å². The predicted molar refractivity (Wildman–Crippen MR) is 129 cm³/mol. The number of hydrogen-bond acceptors (Lipinski definition) is 7. The lowest BCUT2D eigenvalue weighted by Crippen LogP contribution is -2.31. The molecule has 1 amide bonds. The Kier molecular flexibility index (Phi) is 10.4. The summed E-state index contributed by atoms with van der Waals surface area (Å²) in [5.41, 5.74) is 3.17. The minimum Gasteiger partial charge on any atom is -0.481 e. The molecule has 1 saturated heterocycles. The van der Waals surface area contributed by atoms with Crippen LogP contribution in [0.25, 0.3) is 0 Å². The summed E-state index contributed by atoms with van der Waals surface area (Å²) in [5.74, 6) is 0.175. The maximum Gasteiger partial charge on any atom is 0.303 e. The van der Waals surface area contributed by atoms with Crippen LogP contribution >= 0.6 is 11.8 Å². The molecule has 1 heterocycles. The van der Waals surface area contributed by atoms with Crippen LogP contribution in [0.5, 0.6) is 0 Å². The Balaban J connectivity index is 1.71. The monoisotopic (exact) mass is 489 g/mol.